The minimum absolute atomic E-state index is 0.285. The summed E-state index contributed by atoms with van der Waals surface area (Å²) in [5.74, 6) is -0.571. The van der Waals surface area contributed by atoms with Crippen LogP contribution in [0, 0.1) is 5.92 Å². The van der Waals surface area contributed by atoms with Crippen LogP contribution in [-0.4, -0.2) is 29.6 Å². The Hall–Kier alpha value is -1.62. The van der Waals surface area contributed by atoms with Crippen molar-refractivity contribution in [2.75, 3.05) is 6.54 Å². The maximum absolute atomic E-state index is 11.0. The van der Waals surface area contributed by atoms with Gasteiger partial charge in [0.15, 0.2) is 0 Å². The van der Waals surface area contributed by atoms with Gasteiger partial charge in [-0.05, 0) is 51.0 Å². The molecule has 0 aromatic rings. The summed E-state index contributed by atoms with van der Waals surface area (Å²) < 4.78 is 0. The first-order chi connectivity index (χ1) is 13.8. The van der Waals surface area contributed by atoms with E-state index in [-0.39, 0.29) is 5.91 Å². The van der Waals surface area contributed by atoms with Crippen LogP contribution >= 0.6 is 0 Å². The highest BCUT2D eigenvalue weighted by Crippen LogP contribution is 2.09. The van der Waals surface area contributed by atoms with Crippen molar-refractivity contribution in [3.05, 3.63) is 24.3 Å². The van der Waals surface area contributed by atoms with Crippen LogP contribution in [-0.2, 0) is 9.59 Å². The summed E-state index contributed by atoms with van der Waals surface area (Å²) >= 11 is 0. The number of carboxylic acid groups (broad SMARTS) is 1. The van der Waals surface area contributed by atoms with Crippen molar-refractivity contribution in [3.63, 3.8) is 0 Å². The molecule has 0 saturated carbocycles. The molecule has 0 aromatic carbocycles. The van der Waals surface area contributed by atoms with Gasteiger partial charge < -0.3 is 16.2 Å². The van der Waals surface area contributed by atoms with E-state index in [1.807, 2.05) is 0 Å². The van der Waals surface area contributed by atoms with E-state index in [0.717, 1.165) is 45.1 Å². The highest BCUT2D eigenvalue weighted by atomic mass is 16.4. The van der Waals surface area contributed by atoms with Crippen LogP contribution < -0.4 is 11.1 Å². The van der Waals surface area contributed by atoms with Gasteiger partial charge in [-0.15, -0.1) is 0 Å². The molecule has 5 heteroatoms. The molecule has 4 N–H and O–H groups in total. The van der Waals surface area contributed by atoms with Gasteiger partial charge in [0, 0.05) is 6.92 Å². The van der Waals surface area contributed by atoms with E-state index >= 15 is 0 Å². The Balaban J connectivity index is 0. The zero-order valence-corrected chi connectivity index (χ0v) is 19.3. The summed E-state index contributed by atoms with van der Waals surface area (Å²) in [6.07, 6.45) is 20.7. The molecule has 1 atom stereocenters. The third-order valence-electron chi connectivity index (χ3n) is 4.34. The number of nitrogens with two attached hydrogens (primary N) is 1. The van der Waals surface area contributed by atoms with Gasteiger partial charge in [-0.1, -0.05) is 77.2 Å². The van der Waals surface area contributed by atoms with Crippen molar-refractivity contribution < 1.29 is 14.7 Å². The van der Waals surface area contributed by atoms with E-state index in [1.54, 1.807) is 0 Å². The normalized spacial score (nSPS) is 12.2. The van der Waals surface area contributed by atoms with E-state index in [4.69, 9.17) is 10.8 Å². The molecule has 0 radical (unpaired) electrons. The Bertz CT molecular complexity index is 445. The topological polar surface area (TPSA) is 92.4 Å². The lowest BCUT2D eigenvalue weighted by Gasteiger charge is -2.12. The number of allylic oxidation sites excluding steroid dienone is 4. The third-order valence-corrected chi connectivity index (χ3v) is 4.34. The fourth-order valence-electron chi connectivity index (χ4n) is 2.49. The minimum Gasteiger partial charge on any atom is -0.480 e. The van der Waals surface area contributed by atoms with Gasteiger partial charge in [0.25, 0.3) is 0 Å². The lowest BCUT2D eigenvalue weighted by Crippen LogP contribution is -2.39. The van der Waals surface area contributed by atoms with Crippen LogP contribution in [0.5, 0.6) is 0 Å². The SMILES string of the molecule is CC(C)CN.CCCCC/C=C\C/C=C\CCCCCCC(NC(C)=O)C(=O)O. The molecule has 29 heavy (non-hydrogen) atoms. The number of nitrogens with one attached hydrogen (secondary N) is 1. The maximum atomic E-state index is 11.0. The largest absolute Gasteiger partial charge is 0.480 e. The van der Waals surface area contributed by atoms with Crippen LogP contribution in [0.15, 0.2) is 24.3 Å². The predicted molar refractivity (Wildman–Crippen MR) is 124 cm³/mol. The Morgan fingerprint density at radius 3 is 1.90 bits per heavy atom. The Morgan fingerprint density at radius 2 is 1.45 bits per heavy atom. The molecule has 0 spiro atoms. The number of rotatable bonds is 16. The van der Waals surface area contributed by atoms with Crippen LogP contribution in [0.2, 0.25) is 0 Å². The smallest absolute Gasteiger partial charge is 0.326 e. The van der Waals surface area contributed by atoms with Crippen molar-refractivity contribution in [2.45, 2.75) is 104 Å². The van der Waals surface area contributed by atoms with Gasteiger partial charge in [-0.25, -0.2) is 4.79 Å². The molecule has 0 bridgehead atoms. The molecule has 0 fully saturated rings. The van der Waals surface area contributed by atoms with Crippen molar-refractivity contribution in [1.82, 2.24) is 5.32 Å². The maximum Gasteiger partial charge on any atom is 0.326 e. The molecule has 1 amide bonds. The quantitative estimate of drug-likeness (QED) is 0.228. The van der Waals surface area contributed by atoms with E-state index in [1.165, 1.54) is 32.6 Å². The second-order valence-corrected chi connectivity index (χ2v) is 7.89. The number of carbonyl (C=O) groups excluding carboxylic acids is 1. The molecule has 0 aliphatic heterocycles. The molecule has 0 heterocycles. The fraction of sp³-hybridized carbons (Fsp3) is 0.750. The Labute approximate surface area is 179 Å². The Morgan fingerprint density at radius 1 is 0.931 bits per heavy atom. The van der Waals surface area contributed by atoms with Crippen molar-refractivity contribution in [2.24, 2.45) is 11.7 Å². The fourth-order valence-corrected chi connectivity index (χ4v) is 2.49. The average molecular weight is 411 g/mol. The second kappa shape index (κ2) is 22.7. The monoisotopic (exact) mass is 410 g/mol. The van der Waals surface area contributed by atoms with E-state index < -0.39 is 12.0 Å². The van der Waals surface area contributed by atoms with Gasteiger partial charge in [0.2, 0.25) is 5.91 Å². The summed E-state index contributed by atoms with van der Waals surface area (Å²) in [4.78, 5) is 21.9. The zero-order valence-electron chi connectivity index (χ0n) is 19.3. The number of hydrogen-bond acceptors (Lipinski definition) is 3. The zero-order chi connectivity index (χ0) is 22.3. The van der Waals surface area contributed by atoms with Crippen LogP contribution in [0.4, 0.5) is 0 Å². The Kier molecular flexibility index (Phi) is 23.1. The number of carboxylic acids is 1. The number of hydrogen-bond donors (Lipinski definition) is 3. The highest BCUT2D eigenvalue weighted by molar-refractivity contribution is 5.81. The van der Waals surface area contributed by atoms with E-state index in [2.05, 4.69) is 50.4 Å². The van der Waals surface area contributed by atoms with Crippen molar-refractivity contribution in [3.8, 4) is 0 Å². The average Bonchev–Trinajstić information content (AvgIpc) is 2.67. The number of amides is 1. The first-order valence-electron chi connectivity index (χ1n) is 11.3. The first kappa shape index (κ1) is 29.6. The summed E-state index contributed by atoms with van der Waals surface area (Å²) in [5, 5.41) is 11.5. The van der Waals surface area contributed by atoms with E-state index in [9.17, 15) is 9.59 Å². The number of unbranched alkanes of at least 4 members (excludes halogenated alkanes) is 7. The molecule has 0 aliphatic carbocycles. The molecule has 0 aliphatic rings. The molecular weight excluding hydrogens is 364 g/mol. The second-order valence-electron chi connectivity index (χ2n) is 7.89. The molecule has 0 rings (SSSR count). The highest BCUT2D eigenvalue weighted by Gasteiger charge is 2.17. The summed E-state index contributed by atoms with van der Waals surface area (Å²) in [6.45, 7) is 8.57. The van der Waals surface area contributed by atoms with Gasteiger partial charge in [0.1, 0.15) is 6.04 Å². The lowest BCUT2D eigenvalue weighted by atomic mass is 10.1. The van der Waals surface area contributed by atoms with Gasteiger partial charge in [-0.2, -0.15) is 0 Å². The molecule has 1 unspecified atom stereocenters. The lowest BCUT2D eigenvalue weighted by molar-refractivity contribution is -0.141. The molecule has 0 aromatic heterocycles. The van der Waals surface area contributed by atoms with Gasteiger partial charge >= 0.3 is 5.97 Å². The van der Waals surface area contributed by atoms with Crippen LogP contribution in [0.25, 0.3) is 0 Å². The van der Waals surface area contributed by atoms with Gasteiger partial charge in [0.05, 0.1) is 0 Å². The number of aliphatic carboxylic acids is 1. The molecule has 0 saturated heterocycles. The number of carbonyl (C=O) groups is 2. The van der Waals surface area contributed by atoms with Crippen molar-refractivity contribution in [1.29, 1.82) is 0 Å². The van der Waals surface area contributed by atoms with Crippen molar-refractivity contribution >= 4 is 11.9 Å². The van der Waals surface area contributed by atoms with Crippen LogP contribution in [0.1, 0.15) is 98.3 Å². The van der Waals surface area contributed by atoms with Crippen LogP contribution in [0.3, 0.4) is 0 Å². The summed E-state index contributed by atoms with van der Waals surface area (Å²) in [7, 11) is 0. The minimum atomic E-state index is -0.948. The molecule has 5 nitrogen and oxygen atoms in total. The summed E-state index contributed by atoms with van der Waals surface area (Å²) in [6, 6.07) is -0.744. The predicted octanol–water partition coefficient (Wildman–Crippen LogP) is 5.60. The van der Waals surface area contributed by atoms with E-state index in [0.29, 0.717) is 12.3 Å². The van der Waals surface area contributed by atoms with Gasteiger partial charge in [-0.3, -0.25) is 4.79 Å². The summed E-state index contributed by atoms with van der Waals surface area (Å²) in [5.41, 5.74) is 5.17. The molecule has 170 valence electrons. The third kappa shape index (κ3) is 26.4. The standard InChI is InChI=1S/C20H35NO3.C4H11N/c1-3-4-5-6-7-8-9-10-11-12-13-14-15-16-17-19(20(23)24)21-18(2)22;1-4(2)3-5/h7-8,10-11,19H,3-6,9,12-17H2,1-2H3,(H,21,22)(H,23,24);4H,3,5H2,1-2H3/b8-7-,11-10-;. The first-order valence-corrected chi connectivity index (χ1v) is 11.3. The molecular formula is C24H46N2O3.